The second-order valence-corrected chi connectivity index (χ2v) is 6.19. The van der Waals surface area contributed by atoms with E-state index in [9.17, 15) is 4.79 Å². The molecular formula is C13H18N6OS. The fraction of sp³-hybridized carbons (Fsp3) is 0.538. The van der Waals surface area contributed by atoms with Crippen molar-refractivity contribution in [2.24, 2.45) is 0 Å². The molecule has 3 N–H and O–H groups in total. The number of rotatable bonds is 5. The molecule has 2 aromatic heterocycles. The normalized spacial score (nSPS) is 14.6. The van der Waals surface area contributed by atoms with Crippen molar-refractivity contribution in [1.82, 2.24) is 24.7 Å². The fourth-order valence-electron chi connectivity index (χ4n) is 2.04. The van der Waals surface area contributed by atoms with Crippen LogP contribution in [-0.2, 0) is 6.54 Å². The van der Waals surface area contributed by atoms with Gasteiger partial charge in [0.1, 0.15) is 16.7 Å². The molecule has 21 heavy (non-hydrogen) atoms. The summed E-state index contributed by atoms with van der Waals surface area (Å²) in [6.45, 7) is 4.54. The van der Waals surface area contributed by atoms with E-state index in [0.29, 0.717) is 23.4 Å². The molecule has 2 heterocycles. The molecule has 0 unspecified atom stereocenters. The molecule has 0 radical (unpaired) electrons. The van der Waals surface area contributed by atoms with Gasteiger partial charge in [-0.25, -0.2) is 19.9 Å². The van der Waals surface area contributed by atoms with Gasteiger partial charge in [-0.2, -0.15) is 0 Å². The Labute approximate surface area is 126 Å². The lowest BCUT2D eigenvalue weighted by atomic mass is 10.3. The summed E-state index contributed by atoms with van der Waals surface area (Å²) in [7, 11) is 0. The van der Waals surface area contributed by atoms with E-state index in [-0.39, 0.29) is 5.69 Å². The quantitative estimate of drug-likeness (QED) is 0.815. The number of aromatic amines is 1. The average molecular weight is 306 g/mol. The molecule has 1 aliphatic rings. The molecule has 0 aliphatic heterocycles. The van der Waals surface area contributed by atoms with Crippen LogP contribution < -0.4 is 11.4 Å². The fourth-order valence-corrected chi connectivity index (χ4v) is 2.99. The van der Waals surface area contributed by atoms with Crippen molar-refractivity contribution in [3.8, 4) is 0 Å². The van der Waals surface area contributed by atoms with E-state index in [4.69, 9.17) is 5.73 Å². The zero-order valence-corrected chi connectivity index (χ0v) is 12.9. The monoisotopic (exact) mass is 306 g/mol. The zero-order chi connectivity index (χ0) is 15.0. The first-order chi connectivity index (χ1) is 10.1. The minimum atomic E-state index is -0.193. The number of nitrogens with one attached hydrogen (secondary N) is 1. The van der Waals surface area contributed by atoms with E-state index in [1.807, 2.05) is 13.8 Å². The molecule has 2 aromatic rings. The SMILES string of the molecule is CCCn1c(Sc2nc(C3CC3)nc(N)c2C)n[nH]c1=O. The van der Waals surface area contributed by atoms with Gasteiger partial charge in [0.15, 0.2) is 5.16 Å². The van der Waals surface area contributed by atoms with E-state index in [0.717, 1.165) is 35.7 Å². The molecule has 0 atom stereocenters. The molecule has 7 nitrogen and oxygen atoms in total. The third-order valence-electron chi connectivity index (χ3n) is 3.46. The highest BCUT2D eigenvalue weighted by Gasteiger charge is 2.28. The summed E-state index contributed by atoms with van der Waals surface area (Å²) >= 11 is 1.36. The van der Waals surface area contributed by atoms with Crippen LogP contribution in [0.5, 0.6) is 0 Å². The first-order valence-electron chi connectivity index (χ1n) is 7.07. The van der Waals surface area contributed by atoms with Crippen molar-refractivity contribution in [3.05, 3.63) is 21.9 Å². The zero-order valence-electron chi connectivity index (χ0n) is 12.1. The molecule has 0 saturated heterocycles. The van der Waals surface area contributed by atoms with Gasteiger partial charge in [-0.1, -0.05) is 6.92 Å². The third kappa shape index (κ3) is 2.80. The van der Waals surface area contributed by atoms with Crippen molar-refractivity contribution in [2.45, 2.75) is 55.8 Å². The number of aromatic nitrogens is 5. The third-order valence-corrected chi connectivity index (χ3v) is 4.54. The number of nitrogens with two attached hydrogens (primary N) is 1. The minimum Gasteiger partial charge on any atom is -0.383 e. The van der Waals surface area contributed by atoms with E-state index in [1.165, 1.54) is 11.8 Å². The average Bonchev–Trinajstić information content (AvgIpc) is 3.25. The van der Waals surface area contributed by atoms with Gasteiger partial charge in [0.2, 0.25) is 0 Å². The van der Waals surface area contributed by atoms with E-state index in [2.05, 4.69) is 20.2 Å². The highest BCUT2D eigenvalue weighted by atomic mass is 32.2. The molecule has 1 aliphatic carbocycles. The first kappa shape index (κ1) is 14.1. The molecule has 0 spiro atoms. The van der Waals surface area contributed by atoms with Crippen LogP contribution in [0.2, 0.25) is 0 Å². The molecule has 3 rings (SSSR count). The van der Waals surface area contributed by atoms with E-state index < -0.39 is 0 Å². The summed E-state index contributed by atoms with van der Waals surface area (Å²) in [5.41, 5.74) is 6.62. The lowest BCUT2D eigenvalue weighted by Crippen LogP contribution is -2.17. The maximum absolute atomic E-state index is 11.7. The smallest absolute Gasteiger partial charge is 0.343 e. The second kappa shape index (κ2) is 5.51. The molecule has 8 heteroatoms. The molecular weight excluding hydrogens is 288 g/mol. The van der Waals surface area contributed by atoms with Crippen LogP contribution in [0.15, 0.2) is 15.0 Å². The van der Waals surface area contributed by atoms with Crippen molar-refractivity contribution >= 4 is 17.6 Å². The van der Waals surface area contributed by atoms with Crippen LogP contribution in [0.4, 0.5) is 5.82 Å². The maximum Gasteiger partial charge on any atom is 0.343 e. The first-order valence-corrected chi connectivity index (χ1v) is 7.88. The number of anilines is 1. The van der Waals surface area contributed by atoms with E-state index in [1.54, 1.807) is 4.57 Å². The van der Waals surface area contributed by atoms with Gasteiger partial charge in [0.25, 0.3) is 0 Å². The predicted molar refractivity (Wildman–Crippen MR) is 80.4 cm³/mol. The van der Waals surface area contributed by atoms with Gasteiger partial charge in [-0.15, -0.1) is 5.10 Å². The van der Waals surface area contributed by atoms with Crippen molar-refractivity contribution in [3.63, 3.8) is 0 Å². The summed E-state index contributed by atoms with van der Waals surface area (Å²) in [6.07, 6.45) is 3.11. The number of H-pyrrole nitrogens is 1. The van der Waals surface area contributed by atoms with Crippen LogP contribution in [0, 0.1) is 6.92 Å². The highest BCUT2D eigenvalue weighted by molar-refractivity contribution is 7.99. The highest BCUT2D eigenvalue weighted by Crippen LogP contribution is 2.40. The Morgan fingerprint density at radius 1 is 1.43 bits per heavy atom. The Balaban J connectivity index is 1.96. The lowest BCUT2D eigenvalue weighted by molar-refractivity contribution is 0.603. The molecule has 0 amide bonds. The van der Waals surface area contributed by atoms with E-state index >= 15 is 0 Å². The van der Waals surface area contributed by atoms with Gasteiger partial charge >= 0.3 is 5.69 Å². The summed E-state index contributed by atoms with van der Waals surface area (Å²) in [6, 6.07) is 0. The van der Waals surface area contributed by atoms with Gasteiger partial charge in [0.05, 0.1) is 0 Å². The number of hydrogen-bond acceptors (Lipinski definition) is 6. The van der Waals surface area contributed by atoms with Crippen LogP contribution in [0.25, 0.3) is 0 Å². The molecule has 0 bridgehead atoms. The molecule has 1 fully saturated rings. The van der Waals surface area contributed by atoms with Crippen LogP contribution >= 0.6 is 11.8 Å². The second-order valence-electron chi connectivity index (χ2n) is 5.24. The van der Waals surface area contributed by atoms with Crippen molar-refractivity contribution < 1.29 is 0 Å². The number of nitrogen functional groups attached to an aromatic ring is 1. The van der Waals surface area contributed by atoms with Gasteiger partial charge in [-0.05, 0) is 37.9 Å². The topological polar surface area (TPSA) is 102 Å². The van der Waals surface area contributed by atoms with Crippen LogP contribution in [-0.4, -0.2) is 24.7 Å². The summed E-state index contributed by atoms with van der Waals surface area (Å²) in [5.74, 6) is 1.75. The van der Waals surface area contributed by atoms with Crippen LogP contribution in [0.1, 0.15) is 43.5 Å². The van der Waals surface area contributed by atoms with Gasteiger partial charge in [0, 0.05) is 18.0 Å². The molecule has 112 valence electrons. The van der Waals surface area contributed by atoms with Crippen molar-refractivity contribution in [1.29, 1.82) is 0 Å². The predicted octanol–water partition coefficient (Wildman–Crippen LogP) is 1.69. The Morgan fingerprint density at radius 2 is 2.19 bits per heavy atom. The number of hydrogen-bond donors (Lipinski definition) is 2. The summed E-state index contributed by atoms with van der Waals surface area (Å²) in [4.78, 5) is 20.7. The Bertz CT molecular complexity index is 718. The van der Waals surface area contributed by atoms with Gasteiger partial charge < -0.3 is 5.73 Å². The minimum absolute atomic E-state index is 0.193. The summed E-state index contributed by atoms with van der Waals surface area (Å²) in [5, 5.41) is 7.96. The summed E-state index contributed by atoms with van der Waals surface area (Å²) < 4.78 is 1.62. The largest absolute Gasteiger partial charge is 0.383 e. The lowest BCUT2D eigenvalue weighted by Gasteiger charge is -2.09. The van der Waals surface area contributed by atoms with Crippen LogP contribution in [0.3, 0.4) is 0 Å². The Kier molecular flexibility index (Phi) is 3.71. The van der Waals surface area contributed by atoms with Crippen molar-refractivity contribution in [2.75, 3.05) is 5.73 Å². The molecule has 0 aromatic carbocycles. The molecule has 1 saturated carbocycles. The standard InChI is InChI=1S/C13H18N6OS/c1-3-6-19-12(20)17-18-13(19)21-11-7(2)9(14)15-10(16-11)8-4-5-8/h8H,3-6H2,1-2H3,(H,17,20)(H2,14,15,16). The van der Waals surface area contributed by atoms with Gasteiger partial charge in [-0.3, -0.25) is 4.57 Å². The Morgan fingerprint density at radius 3 is 2.86 bits per heavy atom. The maximum atomic E-state index is 11.7. The Hall–Kier alpha value is -1.83. The number of nitrogens with zero attached hydrogens (tertiary/aromatic N) is 4.